The summed E-state index contributed by atoms with van der Waals surface area (Å²) < 4.78 is 10.7. The number of aromatic hydroxyl groups is 2. The molecule has 0 spiro atoms. The summed E-state index contributed by atoms with van der Waals surface area (Å²) >= 11 is 0. The second-order valence-electron chi connectivity index (χ2n) is 4.71. The lowest BCUT2D eigenvalue weighted by Crippen LogP contribution is -2.06. The second-order valence-corrected chi connectivity index (χ2v) is 4.71. The van der Waals surface area contributed by atoms with Crippen molar-refractivity contribution in [3.05, 3.63) is 47.5 Å². The molecule has 0 saturated carbocycles. The van der Waals surface area contributed by atoms with Crippen LogP contribution in [-0.2, 0) is 6.42 Å². The predicted octanol–water partition coefficient (Wildman–Crippen LogP) is 2.93. The van der Waals surface area contributed by atoms with Gasteiger partial charge in [-0.3, -0.25) is 4.79 Å². The van der Waals surface area contributed by atoms with Gasteiger partial charge in [0.15, 0.2) is 5.78 Å². The molecular formula is C17H18O5. The molecule has 0 aromatic heterocycles. The molecule has 0 unspecified atom stereocenters. The molecule has 2 aromatic rings. The van der Waals surface area contributed by atoms with Gasteiger partial charge in [-0.15, -0.1) is 0 Å². The third-order valence-electron chi connectivity index (χ3n) is 3.20. The number of methoxy groups -OCH3 is 1. The fourth-order valence-corrected chi connectivity index (χ4v) is 2.14. The minimum atomic E-state index is -0.272. The molecule has 0 aliphatic carbocycles. The lowest BCUT2D eigenvalue weighted by molar-refractivity contribution is 0.0989. The standard InChI is InChI=1S/C17H18O5/c1-3-22-17-7-5-13(21-2)8-11(17)9-15(19)14-6-4-12(18)10-16(14)20/h4-8,10,18,20H,3,9H2,1-2H3. The summed E-state index contributed by atoms with van der Waals surface area (Å²) in [4.78, 5) is 12.4. The molecule has 0 fully saturated rings. The Balaban J connectivity index is 2.30. The predicted molar refractivity (Wildman–Crippen MR) is 82.0 cm³/mol. The van der Waals surface area contributed by atoms with Crippen molar-refractivity contribution in [1.82, 2.24) is 0 Å². The van der Waals surface area contributed by atoms with Gasteiger partial charge in [0.1, 0.15) is 23.0 Å². The van der Waals surface area contributed by atoms with E-state index in [2.05, 4.69) is 0 Å². The number of Topliss-reactive ketones (excluding diaryl/α,β-unsaturated/α-hetero) is 1. The van der Waals surface area contributed by atoms with E-state index in [9.17, 15) is 15.0 Å². The van der Waals surface area contributed by atoms with Crippen molar-refractivity contribution >= 4 is 5.78 Å². The smallest absolute Gasteiger partial charge is 0.171 e. The molecule has 5 heteroatoms. The van der Waals surface area contributed by atoms with Crippen LogP contribution in [0.1, 0.15) is 22.8 Å². The number of phenolic OH excluding ortho intramolecular Hbond substituents is 2. The quantitative estimate of drug-likeness (QED) is 0.802. The van der Waals surface area contributed by atoms with Crippen molar-refractivity contribution < 1.29 is 24.5 Å². The average molecular weight is 302 g/mol. The van der Waals surface area contributed by atoms with Crippen LogP contribution in [0.4, 0.5) is 0 Å². The number of ketones is 1. The average Bonchev–Trinajstić information content (AvgIpc) is 2.49. The summed E-state index contributed by atoms with van der Waals surface area (Å²) in [5, 5.41) is 19.1. The number of carbonyl (C=O) groups is 1. The van der Waals surface area contributed by atoms with E-state index in [4.69, 9.17) is 9.47 Å². The lowest BCUT2D eigenvalue weighted by atomic mass is 10.0. The van der Waals surface area contributed by atoms with Gasteiger partial charge in [0.05, 0.1) is 19.3 Å². The Bertz CT molecular complexity index is 679. The second kappa shape index (κ2) is 6.85. The van der Waals surface area contributed by atoms with E-state index in [1.54, 1.807) is 25.3 Å². The van der Waals surface area contributed by atoms with E-state index in [0.29, 0.717) is 23.7 Å². The molecular weight excluding hydrogens is 284 g/mol. The van der Waals surface area contributed by atoms with E-state index in [-0.39, 0.29) is 29.3 Å². The first-order valence-electron chi connectivity index (χ1n) is 6.90. The molecule has 0 aliphatic heterocycles. The van der Waals surface area contributed by atoms with Gasteiger partial charge in [-0.25, -0.2) is 0 Å². The Morgan fingerprint density at radius 2 is 1.91 bits per heavy atom. The van der Waals surface area contributed by atoms with E-state index in [1.807, 2.05) is 6.92 Å². The molecule has 0 aliphatic rings. The molecule has 2 aromatic carbocycles. The Hall–Kier alpha value is -2.69. The fraction of sp³-hybridized carbons (Fsp3) is 0.235. The summed E-state index contributed by atoms with van der Waals surface area (Å²) in [6.07, 6.45) is 0.0604. The van der Waals surface area contributed by atoms with Crippen LogP contribution in [0.2, 0.25) is 0 Å². The number of carbonyl (C=O) groups excluding carboxylic acids is 1. The van der Waals surface area contributed by atoms with Crippen LogP contribution in [-0.4, -0.2) is 29.7 Å². The van der Waals surface area contributed by atoms with Gasteiger partial charge in [-0.2, -0.15) is 0 Å². The summed E-state index contributed by atoms with van der Waals surface area (Å²) in [6.45, 7) is 2.35. The lowest BCUT2D eigenvalue weighted by Gasteiger charge is -2.12. The molecule has 0 radical (unpaired) electrons. The van der Waals surface area contributed by atoms with Crippen molar-refractivity contribution in [3.63, 3.8) is 0 Å². The molecule has 0 saturated heterocycles. The first kappa shape index (κ1) is 15.7. The van der Waals surface area contributed by atoms with Gasteiger partial charge in [-0.05, 0) is 37.3 Å². The van der Waals surface area contributed by atoms with E-state index < -0.39 is 0 Å². The molecule has 0 amide bonds. The van der Waals surface area contributed by atoms with Crippen LogP contribution >= 0.6 is 0 Å². The minimum Gasteiger partial charge on any atom is -0.508 e. The molecule has 0 atom stereocenters. The number of phenols is 2. The normalized spacial score (nSPS) is 10.3. The number of hydrogen-bond acceptors (Lipinski definition) is 5. The van der Waals surface area contributed by atoms with Crippen LogP contribution < -0.4 is 9.47 Å². The van der Waals surface area contributed by atoms with Gasteiger partial charge in [0.2, 0.25) is 0 Å². The maximum atomic E-state index is 12.4. The highest BCUT2D eigenvalue weighted by molar-refractivity contribution is 6.00. The topological polar surface area (TPSA) is 76.0 Å². The van der Waals surface area contributed by atoms with Gasteiger partial charge in [-0.1, -0.05) is 0 Å². The molecule has 2 N–H and O–H groups in total. The summed E-state index contributed by atoms with van der Waals surface area (Å²) in [7, 11) is 1.55. The molecule has 5 nitrogen and oxygen atoms in total. The van der Waals surface area contributed by atoms with Gasteiger partial charge >= 0.3 is 0 Å². The highest BCUT2D eigenvalue weighted by Crippen LogP contribution is 2.28. The summed E-state index contributed by atoms with van der Waals surface area (Å²) in [5.41, 5.74) is 0.835. The number of ether oxygens (including phenoxy) is 2. The maximum Gasteiger partial charge on any atom is 0.171 e. The van der Waals surface area contributed by atoms with Crippen LogP contribution in [0, 0.1) is 0 Å². The van der Waals surface area contributed by atoms with E-state index >= 15 is 0 Å². The molecule has 0 heterocycles. The van der Waals surface area contributed by atoms with E-state index in [1.165, 1.54) is 12.1 Å². The Kier molecular flexibility index (Phi) is 4.88. The molecule has 0 bridgehead atoms. The van der Waals surface area contributed by atoms with E-state index in [0.717, 1.165) is 6.07 Å². The van der Waals surface area contributed by atoms with Crippen molar-refractivity contribution in [2.75, 3.05) is 13.7 Å². The zero-order chi connectivity index (χ0) is 16.1. The number of rotatable bonds is 6. The van der Waals surface area contributed by atoms with Gasteiger partial charge < -0.3 is 19.7 Å². The Morgan fingerprint density at radius 3 is 2.55 bits per heavy atom. The Morgan fingerprint density at radius 1 is 1.14 bits per heavy atom. The Labute approximate surface area is 128 Å². The van der Waals surface area contributed by atoms with Crippen molar-refractivity contribution in [2.24, 2.45) is 0 Å². The van der Waals surface area contributed by atoms with Gasteiger partial charge in [0.25, 0.3) is 0 Å². The van der Waals surface area contributed by atoms with Crippen molar-refractivity contribution in [1.29, 1.82) is 0 Å². The van der Waals surface area contributed by atoms with Crippen molar-refractivity contribution in [2.45, 2.75) is 13.3 Å². The highest BCUT2D eigenvalue weighted by Gasteiger charge is 2.15. The molecule has 2 rings (SSSR count). The first-order valence-corrected chi connectivity index (χ1v) is 6.90. The zero-order valence-electron chi connectivity index (χ0n) is 12.5. The largest absolute Gasteiger partial charge is 0.508 e. The fourth-order valence-electron chi connectivity index (χ4n) is 2.14. The number of hydrogen-bond donors (Lipinski definition) is 2. The van der Waals surface area contributed by atoms with Crippen LogP contribution in [0.15, 0.2) is 36.4 Å². The summed E-state index contributed by atoms with van der Waals surface area (Å²) in [5.74, 6) is 0.624. The first-order chi connectivity index (χ1) is 10.5. The summed E-state index contributed by atoms with van der Waals surface area (Å²) in [6, 6.07) is 9.15. The van der Waals surface area contributed by atoms with Crippen molar-refractivity contribution in [3.8, 4) is 23.0 Å². The monoisotopic (exact) mass is 302 g/mol. The van der Waals surface area contributed by atoms with Crippen LogP contribution in [0.25, 0.3) is 0 Å². The molecule has 116 valence electrons. The van der Waals surface area contributed by atoms with Gasteiger partial charge in [0, 0.05) is 18.1 Å². The SMILES string of the molecule is CCOc1ccc(OC)cc1CC(=O)c1ccc(O)cc1O. The third-order valence-corrected chi connectivity index (χ3v) is 3.20. The molecule has 22 heavy (non-hydrogen) atoms. The minimum absolute atomic E-state index is 0.0604. The highest BCUT2D eigenvalue weighted by atomic mass is 16.5. The maximum absolute atomic E-state index is 12.4. The third kappa shape index (κ3) is 3.49. The number of benzene rings is 2. The van der Waals surface area contributed by atoms with Crippen LogP contribution in [0.5, 0.6) is 23.0 Å². The van der Waals surface area contributed by atoms with Crippen LogP contribution in [0.3, 0.4) is 0 Å². The zero-order valence-corrected chi connectivity index (χ0v) is 12.5.